The number of amides is 1. The van der Waals surface area contributed by atoms with Crippen LogP contribution in [0, 0.1) is 0 Å². The Kier molecular flexibility index (Phi) is 6.39. The molecule has 14 heavy (non-hydrogen) atoms. The maximum Gasteiger partial charge on any atom is 0.320 e. The molecule has 0 saturated carbocycles. The molecule has 0 heterocycles. The van der Waals surface area contributed by atoms with E-state index in [0.717, 1.165) is 0 Å². The molecule has 0 aromatic rings. The molecule has 0 atom stereocenters. The fourth-order valence-electron chi connectivity index (χ4n) is 0.715. The molecule has 1 N–H and O–H groups in total. The summed E-state index contributed by atoms with van der Waals surface area (Å²) < 4.78 is 4.82. The van der Waals surface area contributed by atoms with Gasteiger partial charge in [-0.25, -0.2) is 0 Å². The number of nitrogens with one attached hydrogen (secondary N) is 1. The average molecular weight is 200 g/mol. The largest absolute Gasteiger partial charge is 0.463 e. The van der Waals surface area contributed by atoms with Gasteiger partial charge in [-0.3, -0.25) is 14.5 Å². The number of carbonyl (C=O) groups is 2. The van der Waals surface area contributed by atoms with Gasteiger partial charge >= 0.3 is 5.97 Å². The van der Waals surface area contributed by atoms with E-state index < -0.39 is 0 Å². The Balaban J connectivity index is 3.40. The van der Waals surface area contributed by atoms with E-state index in [-0.39, 0.29) is 25.0 Å². The monoisotopic (exact) mass is 200 g/mol. The van der Waals surface area contributed by atoms with Gasteiger partial charge in [0.1, 0.15) is 6.61 Å². The molecule has 0 spiro atoms. The number of likely N-dealkylation sites (N-methyl/N-ethyl adjacent to an activating group) is 1. The Morgan fingerprint density at radius 3 is 2.64 bits per heavy atom. The quantitative estimate of drug-likeness (QED) is 0.353. The van der Waals surface area contributed by atoms with Gasteiger partial charge < -0.3 is 10.1 Å². The van der Waals surface area contributed by atoms with Gasteiger partial charge in [0.2, 0.25) is 5.91 Å². The molecule has 0 fully saturated rings. The zero-order chi connectivity index (χ0) is 11.0. The Labute approximate surface area is 83.7 Å². The second kappa shape index (κ2) is 7.08. The van der Waals surface area contributed by atoms with Crippen LogP contribution in [-0.4, -0.2) is 50.6 Å². The second-order valence-corrected chi connectivity index (χ2v) is 2.95. The van der Waals surface area contributed by atoms with Crippen molar-refractivity contribution in [2.24, 2.45) is 0 Å². The van der Waals surface area contributed by atoms with Gasteiger partial charge in [0, 0.05) is 0 Å². The summed E-state index contributed by atoms with van der Waals surface area (Å²) in [4.78, 5) is 23.3. The van der Waals surface area contributed by atoms with E-state index >= 15 is 0 Å². The van der Waals surface area contributed by atoms with Crippen LogP contribution in [-0.2, 0) is 14.3 Å². The van der Waals surface area contributed by atoms with E-state index in [1.54, 1.807) is 19.0 Å². The zero-order valence-corrected chi connectivity index (χ0v) is 8.58. The van der Waals surface area contributed by atoms with Crippen LogP contribution in [0.5, 0.6) is 0 Å². The average Bonchev–Trinajstić information content (AvgIpc) is 2.10. The lowest BCUT2D eigenvalue weighted by Crippen LogP contribution is -2.29. The van der Waals surface area contributed by atoms with Crippen LogP contribution < -0.4 is 5.32 Å². The first-order chi connectivity index (χ1) is 6.56. The van der Waals surface area contributed by atoms with E-state index in [9.17, 15) is 9.59 Å². The molecule has 0 unspecified atom stereocenters. The molecule has 0 rings (SSSR count). The van der Waals surface area contributed by atoms with E-state index in [1.165, 1.54) is 6.08 Å². The summed E-state index contributed by atoms with van der Waals surface area (Å²) in [5.41, 5.74) is 0. The Hall–Kier alpha value is -1.36. The van der Waals surface area contributed by atoms with Crippen molar-refractivity contribution in [1.82, 2.24) is 10.2 Å². The Morgan fingerprint density at radius 2 is 2.14 bits per heavy atom. The van der Waals surface area contributed by atoms with Crippen molar-refractivity contribution >= 4 is 11.9 Å². The highest BCUT2D eigenvalue weighted by atomic mass is 16.5. The molecular formula is C9H16N2O3. The predicted molar refractivity (Wildman–Crippen MR) is 52.7 cm³/mol. The molecule has 0 aromatic carbocycles. The third kappa shape index (κ3) is 7.30. The van der Waals surface area contributed by atoms with Crippen LogP contribution in [0.15, 0.2) is 12.7 Å². The minimum Gasteiger partial charge on any atom is -0.463 e. The fraction of sp³-hybridized carbons (Fsp3) is 0.556. The number of hydrogen-bond acceptors (Lipinski definition) is 4. The van der Waals surface area contributed by atoms with Crippen LogP contribution in [0.2, 0.25) is 0 Å². The minimum absolute atomic E-state index is 0.187. The molecule has 0 aliphatic rings. The fourth-order valence-corrected chi connectivity index (χ4v) is 0.715. The van der Waals surface area contributed by atoms with Gasteiger partial charge in [-0.05, 0) is 20.2 Å². The van der Waals surface area contributed by atoms with Crippen LogP contribution in [0.1, 0.15) is 0 Å². The van der Waals surface area contributed by atoms with Gasteiger partial charge in [-0.15, -0.1) is 0 Å². The summed E-state index contributed by atoms with van der Waals surface area (Å²) in [7, 11) is 3.56. The van der Waals surface area contributed by atoms with Gasteiger partial charge in [-0.2, -0.15) is 0 Å². The van der Waals surface area contributed by atoms with Crippen molar-refractivity contribution in [3.8, 4) is 0 Å². The lowest BCUT2D eigenvalue weighted by atomic mass is 10.5. The predicted octanol–water partition coefficient (Wildman–Crippen LogP) is -0.607. The number of esters is 1. The molecule has 0 radical (unpaired) electrons. The first-order valence-corrected chi connectivity index (χ1v) is 4.27. The van der Waals surface area contributed by atoms with Gasteiger partial charge in [0.05, 0.1) is 13.1 Å². The highest BCUT2D eigenvalue weighted by Crippen LogP contribution is 1.81. The molecule has 0 aliphatic carbocycles. The third-order valence-electron chi connectivity index (χ3n) is 1.30. The molecular weight excluding hydrogens is 184 g/mol. The van der Waals surface area contributed by atoms with Crippen LogP contribution >= 0.6 is 0 Å². The van der Waals surface area contributed by atoms with Crippen molar-refractivity contribution in [1.29, 1.82) is 0 Å². The molecule has 5 heteroatoms. The number of hydrogen-bond donors (Lipinski definition) is 1. The van der Waals surface area contributed by atoms with Gasteiger partial charge in [-0.1, -0.05) is 6.58 Å². The van der Waals surface area contributed by atoms with E-state index in [0.29, 0.717) is 6.54 Å². The Morgan fingerprint density at radius 1 is 1.50 bits per heavy atom. The SMILES string of the molecule is C=CC(=O)NCCOC(=O)CN(C)C. The molecule has 1 amide bonds. The van der Waals surface area contributed by atoms with E-state index in [1.807, 2.05) is 0 Å². The van der Waals surface area contributed by atoms with E-state index in [4.69, 9.17) is 4.74 Å². The Bertz CT molecular complexity index is 214. The summed E-state index contributed by atoms with van der Waals surface area (Å²) in [6.45, 7) is 4.03. The first-order valence-electron chi connectivity index (χ1n) is 4.27. The summed E-state index contributed by atoms with van der Waals surface area (Å²) in [6.07, 6.45) is 1.17. The van der Waals surface area contributed by atoms with Gasteiger partial charge in [0.25, 0.3) is 0 Å². The molecule has 0 bridgehead atoms. The summed E-state index contributed by atoms with van der Waals surface area (Å²) in [6, 6.07) is 0. The van der Waals surface area contributed by atoms with Crippen molar-refractivity contribution < 1.29 is 14.3 Å². The summed E-state index contributed by atoms with van der Waals surface area (Å²) >= 11 is 0. The standard InChI is InChI=1S/C9H16N2O3/c1-4-8(12)10-5-6-14-9(13)7-11(2)3/h4H,1,5-7H2,2-3H3,(H,10,12). The number of rotatable bonds is 6. The lowest BCUT2D eigenvalue weighted by Gasteiger charge is -2.09. The molecule has 80 valence electrons. The van der Waals surface area contributed by atoms with Gasteiger partial charge in [0.15, 0.2) is 0 Å². The smallest absolute Gasteiger partial charge is 0.320 e. The maximum absolute atomic E-state index is 11.0. The molecule has 0 saturated heterocycles. The van der Waals surface area contributed by atoms with Crippen LogP contribution in [0.25, 0.3) is 0 Å². The number of ether oxygens (including phenoxy) is 1. The highest BCUT2D eigenvalue weighted by Gasteiger charge is 2.03. The molecule has 0 aliphatic heterocycles. The topological polar surface area (TPSA) is 58.6 Å². The first kappa shape index (κ1) is 12.6. The van der Waals surface area contributed by atoms with Crippen molar-refractivity contribution in [2.75, 3.05) is 33.8 Å². The minimum atomic E-state index is -0.303. The van der Waals surface area contributed by atoms with Crippen LogP contribution in [0.3, 0.4) is 0 Å². The molecule has 0 aromatic heterocycles. The lowest BCUT2D eigenvalue weighted by molar-refractivity contribution is -0.144. The maximum atomic E-state index is 11.0. The summed E-state index contributed by atoms with van der Waals surface area (Å²) in [5.74, 6) is -0.573. The molecule has 5 nitrogen and oxygen atoms in total. The van der Waals surface area contributed by atoms with Crippen molar-refractivity contribution in [3.63, 3.8) is 0 Å². The third-order valence-corrected chi connectivity index (χ3v) is 1.30. The summed E-state index contributed by atoms with van der Waals surface area (Å²) in [5, 5.41) is 2.49. The normalized spacial score (nSPS) is 9.64. The van der Waals surface area contributed by atoms with E-state index in [2.05, 4.69) is 11.9 Å². The van der Waals surface area contributed by atoms with Crippen LogP contribution in [0.4, 0.5) is 0 Å². The highest BCUT2D eigenvalue weighted by molar-refractivity contribution is 5.86. The zero-order valence-electron chi connectivity index (χ0n) is 8.58. The number of carbonyl (C=O) groups excluding carboxylic acids is 2. The second-order valence-electron chi connectivity index (χ2n) is 2.95. The van der Waals surface area contributed by atoms with Crippen molar-refractivity contribution in [2.45, 2.75) is 0 Å². The number of nitrogens with zero attached hydrogens (tertiary/aromatic N) is 1. The van der Waals surface area contributed by atoms with Crippen molar-refractivity contribution in [3.05, 3.63) is 12.7 Å².